The van der Waals surface area contributed by atoms with Crippen LogP contribution in [-0.2, 0) is 0 Å². The van der Waals surface area contributed by atoms with E-state index in [9.17, 15) is 0 Å². The van der Waals surface area contributed by atoms with Crippen molar-refractivity contribution in [3.8, 4) is 0 Å². The molecule has 1 aromatic rings. The first-order chi connectivity index (χ1) is 8.17. The van der Waals surface area contributed by atoms with Gasteiger partial charge in [0.05, 0.1) is 0 Å². The zero-order valence-electron chi connectivity index (χ0n) is 11.0. The van der Waals surface area contributed by atoms with E-state index in [-0.39, 0.29) is 0 Å². The molecule has 1 heterocycles. The van der Waals surface area contributed by atoms with Crippen molar-refractivity contribution in [2.75, 3.05) is 17.7 Å². The minimum atomic E-state index is 0.574. The van der Waals surface area contributed by atoms with Crippen molar-refractivity contribution in [1.82, 2.24) is 9.97 Å². The van der Waals surface area contributed by atoms with E-state index < -0.39 is 0 Å². The minimum Gasteiger partial charge on any atom is -0.367 e. The highest BCUT2D eigenvalue weighted by molar-refractivity contribution is 5.42. The normalized spacial score (nSPS) is 24.4. The first-order valence-corrected chi connectivity index (χ1v) is 6.47. The summed E-state index contributed by atoms with van der Waals surface area (Å²) in [6.45, 7) is 4.33. The smallest absolute Gasteiger partial charge is 0.224 e. The number of anilines is 2. The molecule has 1 aromatic heterocycles. The van der Waals surface area contributed by atoms with Gasteiger partial charge >= 0.3 is 0 Å². The zero-order valence-corrected chi connectivity index (χ0v) is 11.0. The predicted octanol–water partition coefficient (Wildman–Crippen LogP) is 2.82. The third-order valence-corrected chi connectivity index (χ3v) is 3.45. The van der Waals surface area contributed by atoms with Crippen LogP contribution in [0.25, 0.3) is 0 Å². The van der Waals surface area contributed by atoms with E-state index in [0.717, 1.165) is 17.4 Å². The Morgan fingerprint density at radius 2 is 1.88 bits per heavy atom. The molecule has 94 valence electrons. The summed E-state index contributed by atoms with van der Waals surface area (Å²) in [5.74, 6) is 2.52. The molecule has 0 atom stereocenters. The van der Waals surface area contributed by atoms with Crippen LogP contribution in [0.1, 0.15) is 38.3 Å². The van der Waals surface area contributed by atoms with Gasteiger partial charge in [0.15, 0.2) is 0 Å². The van der Waals surface area contributed by atoms with E-state index in [0.29, 0.717) is 12.0 Å². The second kappa shape index (κ2) is 5.34. The Labute approximate surface area is 103 Å². The molecule has 1 aliphatic rings. The fraction of sp³-hybridized carbons (Fsp3) is 0.692. The largest absolute Gasteiger partial charge is 0.367 e. The van der Waals surface area contributed by atoms with E-state index in [1.165, 1.54) is 25.7 Å². The average molecular weight is 234 g/mol. The lowest BCUT2D eigenvalue weighted by atomic mass is 9.87. The number of aromatic nitrogens is 2. The van der Waals surface area contributed by atoms with Crippen molar-refractivity contribution in [2.45, 2.75) is 45.6 Å². The molecule has 2 rings (SSSR count). The van der Waals surface area contributed by atoms with Gasteiger partial charge < -0.3 is 10.6 Å². The molecule has 0 spiro atoms. The van der Waals surface area contributed by atoms with Crippen LogP contribution in [-0.4, -0.2) is 23.1 Å². The van der Waals surface area contributed by atoms with Gasteiger partial charge in [-0.2, -0.15) is 4.98 Å². The minimum absolute atomic E-state index is 0.574. The fourth-order valence-corrected chi connectivity index (χ4v) is 2.37. The van der Waals surface area contributed by atoms with E-state index in [1.807, 2.05) is 20.0 Å². The van der Waals surface area contributed by atoms with Gasteiger partial charge in [-0.3, -0.25) is 0 Å². The lowest BCUT2D eigenvalue weighted by Crippen LogP contribution is -2.25. The summed E-state index contributed by atoms with van der Waals surface area (Å²) in [5.41, 5.74) is 0.996. The third kappa shape index (κ3) is 3.32. The van der Waals surface area contributed by atoms with E-state index in [4.69, 9.17) is 0 Å². The van der Waals surface area contributed by atoms with Crippen LogP contribution in [0.15, 0.2) is 6.07 Å². The summed E-state index contributed by atoms with van der Waals surface area (Å²) in [5, 5.41) is 6.52. The molecule has 1 aliphatic carbocycles. The quantitative estimate of drug-likeness (QED) is 0.844. The van der Waals surface area contributed by atoms with Crippen LogP contribution in [0.3, 0.4) is 0 Å². The van der Waals surface area contributed by atoms with Crippen LogP contribution in [0.4, 0.5) is 11.8 Å². The maximum absolute atomic E-state index is 4.43. The highest BCUT2D eigenvalue weighted by Crippen LogP contribution is 2.25. The molecular weight excluding hydrogens is 212 g/mol. The molecule has 1 fully saturated rings. The van der Waals surface area contributed by atoms with Gasteiger partial charge in [0, 0.05) is 24.8 Å². The van der Waals surface area contributed by atoms with Gasteiger partial charge in [0.25, 0.3) is 0 Å². The lowest BCUT2D eigenvalue weighted by molar-refractivity contribution is 0.361. The summed E-state index contributed by atoms with van der Waals surface area (Å²) >= 11 is 0. The van der Waals surface area contributed by atoms with Crippen LogP contribution < -0.4 is 10.6 Å². The first-order valence-electron chi connectivity index (χ1n) is 6.47. The van der Waals surface area contributed by atoms with Gasteiger partial charge in [-0.05, 0) is 38.5 Å². The van der Waals surface area contributed by atoms with Crippen molar-refractivity contribution >= 4 is 11.8 Å². The van der Waals surface area contributed by atoms with Crippen LogP contribution in [0, 0.1) is 12.8 Å². The Morgan fingerprint density at radius 3 is 2.53 bits per heavy atom. The molecule has 0 bridgehead atoms. The van der Waals surface area contributed by atoms with E-state index >= 15 is 0 Å². The van der Waals surface area contributed by atoms with Crippen molar-refractivity contribution in [3.05, 3.63) is 11.8 Å². The maximum Gasteiger partial charge on any atom is 0.224 e. The molecule has 4 heteroatoms. The number of nitrogens with zero attached hydrogens (tertiary/aromatic N) is 2. The SMILES string of the molecule is CNc1nc(C)cc(NC2CCC(C)CC2)n1. The van der Waals surface area contributed by atoms with Crippen molar-refractivity contribution < 1.29 is 0 Å². The third-order valence-electron chi connectivity index (χ3n) is 3.45. The predicted molar refractivity (Wildman–Crippen MR) is 71.4 cm³/mol. The molecule has 0 radical (unpaired) electrons. The van der Waals surface area contributed by atoms with Crippen molar-refractivity contribution in [3.63, 3.8) is 0 Å². The summed E-state index contributed by atoms with van der Waals surface area (Å²) in [7, 11) is 1.85. The summed E-state index contributed by atoms with van der Waals surface area (Å²) in [6, 6.07) is 2.59. The van der Waals surface area contributed by atoms with Gasteiger partial charge in [-0.25, -0.2) is 4.98 Å². The summed E-state index contributed by atoms with van der Waals surface area (Å²) < 4.78 is 0. The lowest BCUT2D eigenvalue weighted by Gasteiger charge is -2.27. The Kier molecular flexibility index (Phi) is 3.82. The molecule has 0 amide bonds. The molecule has 17 heavy (non-hydrogen) atoms. The highest BCUT2D eigenvalue weighted by atomic mass is 15.1. The van der Waals surface area contributed by atoms with Crippen LogP contribution in [0.5, 0.6) is 0 Å². The number of aryl methyl sites for hydroxylation is 1. The fourth-order valence-electron chi connectivity index (χ4n) is 2.37. The molecule has 4 nitrogen and oxygen atoms in total. The molecule has 2 N–H and O–H groups in total. The second-order valence-corrected chi connectivity index (χ2v) is 5.07. The van der Waals surface area contributed by atoms with Gasteiger partial charge in [-0.1, -0.05) is 6.92 Å². The number of rotatable bonds is 3. The summed E-state index contributed by atoms with van der Waals surface area (Å²) in [6.07, 6.45) is 5.14. The van der Waals surface area contributed by atoms with Crippen molar-refractivity contribution in [2.24, 2.45) is 5.92 Å². The Balaban J connectivity index is 2.00. The average Bonchev–Trinajstić information content (AvgIpc) is 2.31. The van der Waals surface area contributed by atoms with Crippen LogP contribution in [0.2, 0.25) is 0 Å². The highest BCUT2D eigenvalue weighted by Gasteiger charge is 2.18. The zero-order chi connectivity index (χ0) is 12.3. The second-order valence-electron chi connectivity index (χ2n) is 5.07. The first kappa shape index (κ1) is 12.1. The molecule has 0 unspecified atom stereocenters. The summed E-state index contributed by atoms with van der Waals surface area (Å²) in [4.78, 5) is 8.73. The molecule has 0 aromatic carbocycles. The van der Waals surface area contributed by atoms with E-state index in [2.05, 4.69) is 27.5 Å². The number of hydrogen-bond donors (Lipinski definition) is 2. The monoisotopic (exact) mass is 234 g/mol. The number of nitrogens with one attached hydrogen (secondary N) is 2. The maximum atomic E-state index is 4.43. The molecule has 0 saturated heterocycles. The molecule has 0 aliphatic heterocycles. The standard InChI is InChI=1S/C13H22N4/c1-9-4-6-11(7-5-9)16-12-8-10(2)15-13(14-3)17-12/h8-9,11H,4-7H2,1-3H3,(H2,14,15,16,17). The Hall–Kier alpha value is -1.32. The van der Waals surface area contributed by atoms with Crippen LogP contribution >= 0.6 is 0 Å². The van der Waals surface area contributed by atoms with Gasteiger partial charge in [0.1, 0.15) is 5.82 Å². The van der Waals surface area contributed by atoms with Gasteiger partial charge in [0.2, 0.25) is 5.95 Å². The Bertz CT molecular complexity index is 370. The topological polar surface area (TPSA) is 49.8 Å². The van der Waals surface area contributed by atoms with E-state index in [1.54, 1.807) is 0 Å². The molecule has 1 saturated carbocycles. The molecular formula is C13H22N4. The number of hydrogen-bond acceptors (Lipinski definition) is 4. The van der Waals surface area contributed by atoms with Gasteiger partial charge in [-0.15, -0.1) is 0 Å². The Morgan fingerprint density at radius 1 is 1.18 bits per heavy atom. The van der Waals surface area contributed by atoms with Crippen molar-refractivity contribution in [1.29, 1.82) is 0 Å².